The van der Waals surface area contributed by atoms with Crippen LogP contribution in [0.2, 0.25) is 0 Å². The van der Waals surface area contributed by atoms with Gasteiger partial charge in [-0.05, 0) is 58.2 Å². The molecule has 0 atom stereocenters. The van der Waals surface area contributed by atoms with Crippen LogP contribution in [0.5, 0.6) is 0 Å². The van der Waals surface area contributed by atoms with Crippen LogP contribution in [0.4, 0.5) is 0 Å². The highest BCUT2D eigenvalue weighted by atomic mass is 79.9. The molecule has 0 saturated carbocycles. The van der Waals surface area contributed by atoms with Crippen molar-refractivity contribution in [1.82, 2.24) is 14.8 Å². The third kappa shape index (κ3) is 2.61. The van der Waals surface area contributed by atoms with Crippen LogP contribution < -0.4 is 0 Å². The van der Waals surface area contributed by atoms with Crippen molar-refractivity contribution in [3.05, 3.63) is 64.6 Å². The van der Waals surface area contributed by atoms with Gasteiger partial charge in [-0.3, -0.25) is 0 Å². The van der Waals surface area contributed by atoms with Gasteiger partial charge in [-0.1, -0.05) is 13.8 Å². The largest absolute Gasteiger partial charge is 0.464 e. The van der Waals surface area contributed by atoms with Crippen LogP contribution in [-0.2, 0) is 0 Å². The Balaban J connectivity index is 2.02. The summed E-state index contributed by atoms with van der Waals surface area (Å²) in [4.78, 5) is 4.58. The highest BCUT2D eigenvalue weighted by molar-refractivity contribution is 9.10. The maximum absolute atomic E-state index is 9.15. The Morgan fingerprint density at radius 3 is 2.73 bits per heavy atom. The second kappa shape index (κ2) is 6.43. The first-order valence-electron chi connectivity index (χ1n) is 8.21. The molecular weight excluding hydrogens is 392 g/mol. The molecule has 0 unspecified atom stereocenters. The van der Waals surface area contributed by atoms with E-state index in [-0.39, 0.29) is 5.92 Å². The predicted octanol–water partition coefficient (Wildman–Crippen LogP) is 5.44. The maximum Gasteiger partial charge on any atom is 0.163 e. The van der Waals surface area contributed by atoms with Gasteiger partial charge in [0.2, 0.25) is 0 Å². The van der Waals surface area contributed by atoms with E-state index in [1.807, 2.05) is 35.0 Å². The monoisotopic (exact) mass is 406 g/mol. The number of aromatic nitrogens is 3. The lowest BCUT2D eigenvalue weighted by Crippen LogP contribution is -1.99. The van der Waals surface area contributed by atoms with Gasteiger partial charge >= 0.3 is 0 Å². The zero-order valence-electron chi connectivity index (χ0n) is 14.3. The molecule has 5 nitrogen and oxygen atoms in total. The highest BCUT2D eigenvalue weighted by Gasteiger charge is 2.20. The Morgan fingerprint density at radius 1 is 1.23 bits per heavy atom. The van der Waals surface area contributed by atoms with Gasteiger partial charge in [0.25, 0.3) is 0 Å². The van der Waals surface area contributed by atoms with Crippen molar-refractivity contribution in [2.45, 2.75) is 19.8 Å². The lowest BCUT2D eigenvalue weighted by Gasteiger charge is -2.05. The number of nitrogens with zero attached hydrogens (tertiary/aromatic N) is 4. The minimum atomic E-state index is 0.221. The summed E-state index contributed by atoms with van der Waals surface area (Å²) in [6.45, 7) is 4.22. The summed E-state index contributed by atoms with van der Waals surface area (Å²) in [6, 6.07) is 13.5. The van der Waals surface area contributed by atoms with Gasteiger partial charge in [-0.2, -0.15) is 10.4 Å². The molecule has 3 aromatic heterocycles. The summed E-state index contributed by atoms with van der Waals surface area (Å²) >= 11 is 3.45. The van der Waals surface area contributed by atoms with Crippen molar-refractivity contribution in [2.75, 3.05) is 0 Å². The van der Waals surface area contributed by atoms with Crippen LogP contribution in [0.3, 0.4) is 0 Å². The minimum Gasteiger partial charge on any atom is -0.464 e. The number of rotatable bonds is 3. The Hall–Kier alpha value is -2.91. The fraction of sp³-hybridized carbons (Fsp3) is 0.150. The molecule has 0 spiro atoms. The molecule has 0 radical (unpaired) electrons. The van der Waals surface area contributed by atoms with E-state index in [0.29, 0.717) is 5.56 Å². The van der Waals surface area contributed by atoms with Crippen molar-refractivity contribution in [3.63, 3.8) is 0 Å². The quantitative estimate of drug-likeness (QED) is 0.454. The third-order valence-corrected chi connectivity index (χ3v) is 4.90. The molecule has 0 aliphatic heterocycles. The Morgan fingerprint density at radius 2 is 2.08 bits per heavy atom. The van der Waals surface area contributed by atoms with E-state index in [0.717, 1.165) is 38.2 Å². The van der Waals surface area contributed by atoms with Gasteiger partial charge in [-0.25, -0.2) is 9.67 Å². The van der Waals surface area contributed by atoms with E-state index in [1.54, 1.807) is 18.5 Å². The highest BCUT2D eigenvalue weighted by Crippen LogP contribution is 2.35. The first-order chi connectivity index (χ1) is 12.6. The average molecular weight is 407 g/mol. The van der Waals surface area contributed by atoms with Gasteiger partial charge in [0.1, 0.15) is 11.8 Å². The van der Waals surface area contributed by atoms with Gasteiger partial charge in [0, 0.05) is 16.2 Å². The smallest absolute Gasteiger partial charge is 0.163 e. The summed E-state index contributed by atoms with van der Waals surface area (Å²) in [5.74, 6) is 1.01. The zero-order valence-corrected chi connectivity index (χ0v) is 15.9. The molecule has 0 aliphatic carbocycles. The fourth-order valence-corrected chi connectivity index (χ4v) is 3.47. The fourth-order valence-electron chi connectivity index (χ4n) is 3.02. The van der Waals surface area contributed by atoms with Crippen LogP contribution in [0.1, 0.15) is 31.0 Å². The first-order valence-corrected chi connectivity index (χ1v) is 9.01. The van der Waals surface area contributed by atoms with Crippen molar-refractivity contribution in [2.24, 2.45) is 0 Å². The molecule has 0 N–H and O–H groups in total. The Kier molecular flexibility index (Phi) is 4.09. The molecule has 0 amide bonds. The Labute approximate surface area is 159 Å². The van der Waals surface area contributed by atoms with E-state index in [1.165, 1.54) is 0 Å². The summed E-state index contributed by atoms with van der Waals surface area (Å²) in [5, 5.41) is 15.0. The van der Waals surface area contributed by atoms with Crippen LogP contribution in [-0.4, -0.2) is 14.8 Å². The number of pyridine rings is 1. The number of halogens is 1. The molecule has 1 aromatic carbocycles. The van der Waals surface area contributed by atoms with Crippen LogP contribution in [0.15, 0.2) is 57.7 Å². The lowest BCUT2D eigenvalue weighted by atomic mass is 10.0. The van der Waals surface area contributed by atoms with Crippen molar-refractivity contribution >= 4 is 27.0 Å². The second-order valence-electron chi connectivity index (χ2n) is 6.26. The molecule has 26 heavy (non-hydrogen) atoms. The minimum absolute atomic E-state index is 0.221. The molecule has 4 aromatic rings. The topological polar surface area (TPSA) is 67.6 Å². The normalized spacial score (nSPS) is 11.2. The predicted molar refractivity (Wildman–Crippen MR) is 103 cm³/mol. The van der Waals surface area contributed by atoms with Crippen molar-refractivity contribution in [3.8, 4) is 23.1 Å². The SMILES string of the molecule is CC(C)c1nn(-c2ccc(C#N)c(Br)c2)c2nccc(-c3ccco3)c12. The van der Waals surface area contributed by atoms with Gasteiger partial charge in [-0.15, -0.1) is 0 Å². The number of hydrogen-bond donors (Lipinski definition) is 0. The Bertz CT molecular complexity index is 1140. The molecule has 0 fully saturated rings. The number of furan rings is 1. The standard InChI is InChI=1S/C20H15BrN4O/c1-12(2)19-18-15(17-4-3-9-26-17)7-8-23-20(18)25(24-19)14-6-5-13(11-22)16(21)10-14/h3-10,12H,1-2H3. The molecule has 0 bridgehead atoms. The second-order valence-corrected chi connectivity index (χ2v) is 7.12. The van der Waals surface area contributed by atoms with Gasteiger partial charge in [0.05, 0.1) is 28.6 Å². The molecule has 0 aliphatic rings. The molecular formula is C20H15BrN4O. The summed E-state index contributed by atoms with van der Waals surface area (Å²) in [5.41, 5.74) is 4.12. The van der Waals surface area contributed by atoms with Crippen molar-refractivity contribution < 1.29 is 4.42 Å². The zero-order chi connectivity index (χ0) is 18.3. The van der Waals surface area contributed by atoms with E-state index in [4.69, 9.17) is 14.8 Å². The van der Waals surface area contributed by atoms with E-state index in [2.05, 4.69) is 40.8 Å². The number of nitriles is 1. The molecule has 4 rings (SSSR count). The summed E-state index contributed by atoms with van der Waals surface area (Å²) < 4.78 is 8.17. The average Bonchev–Trinajstić information content (AvgIpc) is 3.29. The number of benzene rings is 1. The van der Waals surface area contributed by atoms with Crippen molar-refractivity contribution in [1.29, 1.82) is 5.26 Å². The summed E-state index contributed by atoms with van der Waals surface area (Å²) in [7, 11) is 0. The number of hydrogen-bond acceptors (Lipinski definition) is 4. The van der Waals surface area contributed by atoms with E-state index >= 15 is 0 Å². The van der Waals surface area contributed by atoms with Gasteiger partial charge < -0.3 is 4.42 Å². The van der Waals surface area contributed by atoms with Crippen LogP contribution in [0, 0.1) is 11.3 Å². The maximum atomic E-state index is 9.15. The molecule has 6 heteroatoms. The number of fused-ring (bicyclic) bond motifs is 1. The molecule has 3 heterocycles. The summed E-state index contributed by atoms with van der Waals surface area (Å²) in [6.07, 6.45) is 3.43. The van der Waals surface area contributed by atoms with Crippen LogP contribution >= 0.6 is 15.9 Å². The van der Waals surface area contributed by atoms with E-state index in [9.17, 15) is 0 Å². The molecule has 128 valence electrons. The lowest BCUT2D eigenvalue weighted by molar-refractivity contribution is 0.583. The van der Waals surface area contributed by atoms with E-state index < -0.39 is 0 Å². The van der Waals surface area contributed by atoms with Gasteiger partial charge in [0.15, 0.2) is 5.65 Å². The third-order valence-electron chi connectivity index (χ3n) is 4.25. The molecule has 0 saturated heterocycles. The van der Waals surface area contributed by atoms with Crippen LogP contribution in [0.25, 0.3) is 28.0 Å². The first kappa shape index (κ1) is 16.6.